The van der Waals surface area contributed by atoms with E-state index in [0.29, 0.717) is 12.1 Å². The molecule has 1 aromatic carbocycles. The minimum Gasteiger partial charge on any atom is -0.467 e. The van der Waals surface area contributed by atoms with Gasteiger partial charge in [-0.25, -0.2) is 9.18 Å². The van der Waals surface area contributed by atoms with Crippen molar-refractivity contribution in [2.75, 3.05) is 29.6 Å². The lowest BCUT2D eigenvalue weighted by Gasteiger charge is -2.19. The van der Waals surface area contributed by atoms with Crippen LogP contribution in [0.3, 0.4) is 0 Å². The molecule has 1 heterocycles. The number of hydrogen-bond acceptors (Lipinski definition) is 9. The Kier molecular flexibility index (Phi) is 8.08. The van der Waals surface area contributed by atoms with Crippen LogP contribution in [0.2, 0.25) is 0 Å². The van der Waals surface area contributed by atoms with Crippen LogP contribution in [0.1, 0.15) is 27.2 Å². The number of rotatable bonds is 10. The van der Waals surface area contributed by atoms with Crippen molar-refractivity contribution in [3.63, 3.8) is 0 Å². The maximum Gasteiger partial charge on any atom is 0.328 e. The third-order valence-electron chi connectivity index (χ3n) is 3.77. The highest BCUT2D eigenvalue weighted by molar-refractivity contribution is 5.78. The Bertz CT molecular complexity index is 818. The molecule has 0 amide bonds. The number of carbonyl (C=O) groups is 1. The van der Waals surface area contributed by atoms with E-state index in [1.165, 1.54) is 19.2 Å². The second-order valence-electron chi connectivity index (χ2n) is 7.02. The molecular formula is C19H27FN6O3. The number of benzene rings is 1. The minimum atomic E-state index is -0.644. The highest BCUT2D eigenvalue weighted by Gasteiger charge is 2.22. The monoisotopic (exact) mass is 406 g/mol. The van der Waals surface area contributed by atoms with Gasteiger partial charge in [-0.15, -0.1) is 0 Å². The van der Waals surface area contributed by atoms with Crippen LogP contribution in [0.15, 0.2) is 24.3 Å². The van der Waals surface area contributed by atoms with Crippen LogP contribution in [-0.4, -0.2) is 51.8 Å². The number of aliphatic hydroxyl groups is 1. The Morgan fingerprint density at radius 3 is 2.48 bits per heavy atom. The maximum absolute atomic E-state index is 13.5. The molecule has 2 atom stereocenters. The van der Waals surface area contributed by atoms with E-state index in [0.717, 1.165) is 0 Å². The quantitative estimate of drug-likeness (QED) is 0.441. The number of anilines is 4. The van der Waals surface area contributed by atoms with Crippen LogP contribution in [-0.2, 0) is 9.53 Å². The Balaban J connectivity index is 2.30. The predicted molar refractivity (Wildman–Crippen MR) is 109 cm³/mol. The summed E-state index contributed by atoms with van der Waals surface area (Å²) in [5.74, 6) is -0.131. The van der Waals surface area contributed by atoms with Gasteiger partial charge in [0, 0.05) is 12.2 Å². The number of ether oxygens (including phenoxy) is 1. The molecule has 1 unspecified atom stereocenters. The van der Waals surface area contributed by atoms with E-state index in [4.69, 9.17) is 4.74 Å². The van der Waals surface area contributed by atoms with Crippen molar-refractivity contribution in [1.29, 1.82) is 0 Å². The van der Waals surface area contributed by atoms with Gasteiger partial charge in [-0.3, -0.25) is 0 Å². The number of hydrogen-bond donors (Lipinski definition) is 4. The van der Waals surface area contributed by atoms with Gasteiger partial charge in [0.15, 0.2) is 0 Å². The lowest BCUT2D eigenvalue weighted by atomic mass is 10.0. The van der Waals surface area contributed by atoms with Gasteiger partial charge in [-0.2, -0.15) is 15.0 Å². The van der Waals surface area contributed by atoms with Crippen molar-refractivity contribution in [2.45, 2.75) is 39.3 Å². The molecule has 10 heteroatoms. The zero-order valence-electron chi connectivity index (χ0n) is 16.9. The number of nitrogens with zero attached hydrogens (tertiary/aromatic N) is 3. The Hall–Kier alpha value is -3.01. The summed E-state index contributed by atoms with van der Waals surface area (Å²) in [7, 11) is 1.32. The van der Waals surface area contributed by atoms with Crippen molar-refractivity contribution in [3.05, 3.63) is 30.1 Å². The molecule has 0 aliphatic carbocycles. The summed E-state index contributed by atoms with van der Waals surface area (Å²) < 4.78 is 18.3. The summed E-state index contributed by atoms with van der Waals surface area (Å²) in [4.78, 5) is 24.9. The van der Waals surface area contributed by atoms with Gasteiger partial charge in [0.25, 0.3) is 0 Å². The molecule has 0 aliphatic rings. The van der Waals surface area contributed by atoms with Crippen LogP contribution < -0.4 is 16.0 Å². The molecular weight excluding hydrogens is 379 g/mol. The first-order valence-corrected chi connectivity index (χ1v) is 9.31. The topological polar surface area (TPSA) is 121 Å². The molecule has 0 fully saturated rings. The van der Waals surface area contributed by atoms with E-state index in [1.54, 1.807) is 19.1 Å². The van der Waals surface area contributed by atoms with Gasteiger partial charge in [0.05, 0.1) is 13.2 Å². The Morgan fingerprint density at radius 1 is 1.17 bits per heavy atom. The van der Waals surface area contributed by atoms with Gasteiger partial charge >= 0.3 is 5.97 Å². The van der Waals surface area contributed by atoms with Crippen LogP contribution >= 0.6 is 0 Å². The number of aromatic nitrogens is 3. The molecule has 1 aromatic heterocycles. The largest absolute Gasteiger partial charge is 0.467 e. The third kappa shape index (κ3) is 7.49. The molecule has 2 aromatic rings. The van der Waals surface area contributed by atoms with Crippen molar-refractivity contribution < 1.29 is 19.0 Å². The zero-order chi connectivity index (χ0) is 21.4. The first-order valence-electron chi connectivity index (χ1n) is 9.31. The molecule has 4 N–H and O–H groups in total. The summed E-state index contributed by atoms with van der Waals surface area (Å²) in [6.07, 6.45) is -0.104. The maximum atomic E-state index is 13.5. The number of halogens is 1. The average Bonchev–Trinajstić information content (AvgIpc) is 2.64. The fourth-order valence-corrected chi connectivity index (χ4v) is 2.49. The van der Waals surface area contributed by atoms with Crippen molar-refractivity contribution in [3.8, 4) is 0 Å². The lowest BCUT2D eigenvalue weighted by molar-refractivity contribution is -0.141. The number of methoxy groups -OCH3 is 1. The summed E-state index contributed by atoms with van der Waals surface area (Å²) >= 11 is 0. The van der Waals surface area contributed by atoms with E-state index in [9.17, 15) is 14.3 Å². The minimum absolute atomic E-state index is 0.142. The van der Waals surface area contributed by atoms with Crippen LogP contribution in [0.4, 0.5) is 27.9 Å². The van der Waals surface area contributed by atoms with E-state index in [1.807, 2.05) is 13.8 Å². The molecule has 0 aliphatic heterocycles. The molecule has 158 valence electrons. The average molecular weight is 406 g/mol. The van der Waals surface area contributed by atoms with E-state index in [-0.39, 0.29) is 30.3 Å². The third-order valence-corrected chi connectivity index (χ3v) is 3.77. The number of nitrogens with one attached hydrogen (secondary N) is 3. The van der Waals surface area contributed by atoms with Crippen molar-refractivity contribution in [1.82, 2.24) is 15.0 Å². The van der Waals surface area contributed by atoms with Crippen molar-refractivity contribution in [2.24, 2.45) is 5.92 Å². The standard InChI is InChI=1S/C19H27FN6O3/c1-11(2)8-15(16(28)29-4)23-19-25-17(21-10-12(3)27)24-18(26-19)22-14-7-5-6-13(20)9-14/h5-7,9,11-12,15,27H,8,10H2,1-4H3,(H3,21,22,23,24,25,26)/t12?,15-/m0/s1. The lowest BCUT2D eigenvalue weighted by Crippen LogP contribution is -2.33. The molecule has 0 bridgehead atoms. The van der Waals surface area contributed by atoms with Gasteiger partial charge in [-0.1, -0.05) is 19.9 Å². The molecule has 2 rings (SSSR count). The summed E-state index contributed by atoms with van der Waals surface area (Å²) in [5.41, 5.74) is 0.454. The number of esters is 1. The SMILES string of the molecule is COC(=O)[C@H](CC(C)C)Nc1nc(NCC(C)O)nc(Nc2cccc(F)c2)n1. The first-order chi connectivity index (χ1) is 13.8. The Labute approximate surface area is 169 Å². The molecule has 0 saturated heterocycles. The highest BCUT2D eigenvalue weighted by Crippen LogP contribution is 2.18. The Morgan fingerprint density at radius 2 is 1.86 bits per heavy atom. The van der Waals surface area contributed by atoms with Gasteiger partial charge in [0.2, 0.25) is 17.8 Å². The van der Waals surface area contributed by atoms with E-state index >= 15 is 0 Å². The molecule has 29 heavy (non-hydrogen) atoms. The predicted octanol–water partition coefficient (Wildman–Crippen LogP) is 2.55. The second kappa shape index (κ2) is 10.5. The zero-order valence-corrected chi connectivity index (χ0v) is 16.9. The molecule has 0 radical (unpaired) electrons. The summed E-state index contributed by atoms with van der Waals surface area (Å²) in [6.45, 7) is 5.81. The summed E-state index contributed by atoms with van der Waals surface area (Å²) in [6, 6.07) is 5.21. The molecule has 0 saturated carbocycles. The second-order valence-corrected chi connectivity index (χ2v) is 7.02. The van der Waals surface area contributed by atoms with Crippen molar-refractivity contribution >= 4 is 29.5 Å². The van der Waals surface area contributed by atoms with Gasteiger partial charge < -0.3 is 25.8 Å². The normalized spacial score (nSPS) is 12.9. The van der Waals surface area contributed by atoms with Gasteiger partial charge in [-0.05, 0) is 37.5 Å². The fourth-order valence-electron chi connectivity index (χ4n) is 2.49. The van der Waals surface area contributed by atoms with Crippen LogP contribution in [0.25, 0.3) is 0 Å². The first kappa shape index (κ1) is 22.3. The van der Waals surface area contributed by atoms with Crippen LogP contribution in [0, 0.1) is 11.7 Å². The smallest absolute Gasteiger partial charge is 0.328 e. The van der Waals surface area contributed by atoms with Crippen LogP contribution in [0.5, 0.6) is 0 Å². The fraction of sp³-hybridized carbons (Fsp3) is 0.474. The highest BCUT2D eigenvalue weighted by atomic mass is 19.1. The van der Waals surface area contributed by atoms with E-state index < -0.39 is 23.9 Å². The number of aliphatic hydroxyl groups excluding tert-OH is 1. The molecule has 9 nitrogen and oxygen atoms in total. The number of carbonyl (C=O) groups excluding carboxylic acids is 1. The summed E-state index contributed by atoms with van der Waals surface area (Å²) in [5, 5.41) is 18.3. The molecule has 0 spiro atoms. The van der Waals surface area contributed by atoms with E-state index in [2.05, 4.69) is 30.9 Å². The van der Waals surface area contributed by atoms with Gasteiger partial charge in [0.1, 0.15) is 11.9 Å².